The fourth-order valence-electron chi connectivity index (χ4n) is 3.25. The van der Waals surface area contributed by atoms with Crippen LogP contribution in [0.4, 0.5) is 26.3 Å². The Kier molecular flexibility index (Phi) is 6.27. The van der Waals surface area contributed by atoms with Crippen LogP contribution in [0, 0.1) is 11.8 Å². The molecule has 1 N–H and O–H groups in total. The molecular weight excluding hydrogens is 396 g/mol. The van der Waals surface area contributed by atoms with Crippen molar-refractivity contribution >= 4 is 11.9 Å². The third-order valence-electron chi connectivity index (χ3n) is 4.45. The number of esters is 2. The van der Waals surface area contributed by atoms with Gasteiger partial charge in [0, 0.05) is 6.04 Å². The summed E-state index contributed by atoms with van der Waals surface area (Å²) in [5.74, 6) is -6.80. The Morgan fingerprint density at radius 3 is 2.04 bits per heavy atom. The summed E-state index contributed by atoms with van der Waals surface area (Å²) in [6.45, 7) is 1.19. The van der Waals surface area contributed by atoms with Crippen LogP contribution in [-0.2, 0) is 25.2 Å². The maximum absolute atomic E-state index is 13.7. The molecule has 0 radical (unpaired) electrons. The van der Waals surface area contributed by atoms with E-state index in [0.29, 0.717) is 12.1 Å². The lowest BCUT2D eigenvalue weighted by molar-refractivity contribution is -0.200. The van der Waals surface area contributed by atoms with Gasteiger partial charge in [-0.3, -0.25) is 14.9 Å². The van der Waals surface area contributed by atoms with Gasteiger partial charge in [0.15, 0.2) is 0 Å². The zero-order chi connectivity index (χ0) is 21.3. The van der Waals surface area contributed by atoms with Gasteiger partial charge >= 0.3 is 24.3 Å². The Morgan fingerprint density at radius 2 is 1.61 bits per heavy atom. The molecule has 0 aromatic heterocycles. The van der Waals surface area contributed by atoms with Crippen LogP contribution in [0.25, 0.3) is 0 Å². The second-order valence-corrected chi connectivity index (χ2v) is 6.11. The molecule has 0 unspecified atom stereocenters. The number of carbonyl (C=O) groups is 2. The first-order valence-corrected chi connectivity index (χ1v) is 8.16. The van der Waals surface area contributed by atoms with E-state index in [1.54, 1.807) is 0 Å². The highest BCUT2D eigenvalue weighted by Crippen LogP contribution is 2.47. The summed E-state index contributed by atoms with van der Waals surface area (Å²) in [6, 6.07) is -0.0102. The molecule has 5 nitrogen and oxygen atoms in total. The van der Waals surface area contributed by atoms with Gasteiger partial charge in [-0.2, -0.15) is 26.3 Å². The van der Waals surface area contributed by atoms with Crippen LogP contribution in [-0.4, -0.2) is 37.9 Å². The molecule has 11 heteroatoms. The SMILES string of the molecule is CCOC(=O)[C@H]1[C@@H](C(F)(F)F)[C@H](C(=O)OC)N[C@@H]1c1ccc(C(F)(F)F)cc1. The molecule has 28 heavy (non-hydrogen) atoms. The molecular formula is C17H17F6NO4. The van der Waals surface area contributed by atoms with Crippen molar-refractivity contribution < 1.29 is 45.4 Å². The van der Waals surface area contributed by atoms with Gasteiger partial charge in [-0.15, -0.1) is 0 Å². The number of halogens is 6. The number of ether oxygens (including phenoxy) is 2. The molecule has 0 aliphatic carbocycles. The Hall–Kier alpha value is -2.30. The Bertz CT molecular complexity index is 716. The molecule has 0 spiro atoms. The summed E-state index contributed by atoms with van der Waals surface area (Å²) in [6.07, 6.45) is -9.60. The van der Waals surface area contributed by atoms with E-state index in [1.807, 2.05) is 0 Å². The van der Waals surface area contributed by atoms with E-state index in [9.17, 15) is 35.9 Å². The van der Waals surface area contributed by atoms with Crippen molar-refractivity contribution in [3.8, 4) is 0 Å². The summed E-state index contributed by atoms with van der Waals surface area (Å²) in [5, 5.41) is 2.39. The molecule has 0 saturated carbocycles. The van der Waals surface area contributed by atoms with Gasteiger partial charge in [-0.05, 0) is 24.6 Å². The molecule has 0 amide bonds. The summed E-state index contributed by atoms with van der Waals surface area (Å²) >= 11 is 0. The summed E-state index contributed by atoms with van der Waals surface area (Å²) < 4.78 is 88.3. The van der Waals surface area contributed by atoms with E-state index in [1.165, 1.54) is 6.92 Å². The van der Waals surface area contributed by atoms with Gasteiger partial charge < -0.3 is 9.47 Å². The van der Waals surface area contributed by atoms with E-state index in [0.717, 1.165) is 19.2 Å². The first-order chi connectivity index (χ1) is 12.9. The highest BCUT2D eigenvalue weighted by molar-refractivity contribution is 5.81. The van der Waals surface area contributed by atoms with E-state index in [-0.39, 0.29) is 12.2 Å². The summed E-state index contributed by atoms with van der Waals surface area (Å²) in [5.41, 5.74) is -1.02. The number of alkyl halides is 6. The number of methoxy groups -OCH3 is 1. The van der Waals surface area contributed by atoms with E-state index >= 15 is 0 Å². The minimum atomic E-state index is -4.97. The topological polar surface area (TPSA) is 64.6 Å². The number of rotatable bonds is 4. The molecule has 4 atom stereocenters. The maximum Gasteiger partial charge on any atom is 0.416 e. The minimum absolute atomic E-state index is 0.0216. The highest BCUT2D eigenvalue weighted by Gasteiger charge is 2.62. The lowest BCUT2D eigenvalue weighted by Crippen LogP contribution is -2.45. The third kappa shape index (κ3) is 4.40. The molecule has 1 saturated heterocycles. The van der Waals surface area contributed by atoms with Crippen LogP contribution in [0.15, 0.2) is 24.3 Å². The minimum Gasteiger partial charge on any atom is -0.468 e. The molecule has 1 aromatic rings. The number of nitrogens with one attached hydrogen (secondary N) is 1. The van der Waals surface area contributed by atoms with E-state index in [4.69, 9.17) is 4.74 Å². The Labute approximate surface area is 156 Å². The molecule has 156 valence electrons. The van der Waals surface area contributed by atoms with Crippen molar-refractivity contribution in [1.82, 2.24) is 5.32 Å². The molecule has 1 fully saturated rings. The Morgan fingerprint density at radius 1 is 1.04 bits per heavy atom. The van der Waals surface area contributed by atoms with Crippen molar-refractivity contribution in [2.45, 2.75) is 31.4 Å². The summed E-state index contributed by atoms with van der Waals surface area (Å²) in [4.78, 5) is 24.1. The third-order valence-corrected chi connectivity index (χ3v) is 4.45. The average molecular weight is 413 g/mol. The number of hydrogen-bond donors (Lipinski definition) is 1. The first kappa shape index (κ1) is 22.0. The predicted molar refractivity (Wildman–Crippen MR) is 82.8 cm³/mol. The van der Waals surface area contributed by atoms with Crippen molar-refractivity contribution in [2.75, 3.05) is 13.7 Å². The fraction of sp³-hybridized carbons (Fsp3) is 0.529. The lowest BCUT2D eigenvalue weighted by atomic mass is 9.83. The van der Waals surface area contributed by atoms with E-state index in [2.05, 4.69) is 10.1 Å². The van der Waals surface area contributed by atoms with Crippen molar-refractivity contribution in [3.05, 3.63) is 35.4 Å². The number of hydrogen-bond acceptors (Lipinski definition) is 5. The van der Waals surface area contributed by atoms with E-state index < -0.39 is 53.8 Å². The molecule has 1 aliphatic heterocycles. The molecule has 2 rings (SSSR count). The van der Waals surface area contributed by atoms with Crippen LogP contribution >= 0.6 is 0 Å². The van der Waals surface area contributed by atoms with Crippen LogP contribution in [0.5, 0.6) is 0 Å². The largest absolute Gasteiger partial charge is 0.468 e. The zero-order valence-corrected chi connectivity index (χ0v) is 14.7. The highest BCUT2D eigenvalue weighted by atomic mass is 19.4. The lowest BCUT2D eigenvalue weighted by Gasteiger charge is -2.25. The monoisotopic (exact) mass is 413 g/mol. The van der Waals surface area contributed by atoms with Crippen molar-refractivity contribution in [2.24, 2.45) is 11.8 Å². The zero-order valence-electron chi connectivity index (χ0n) is 14.7. The summed E-state index contributed by atoms with van der Waals surface area (Å²) in [7, 11) is 0.891. The van der Waals surface area contributed by atoms with Crippen molar-refractivity contribution in [1.29, 1.82) is 0 Å². The smallest absolute Gasteiger partial charge is 0.416 e. The molecule has 0 bridgehead atoms. The van der Waals surface area contributed by atoms with Gasteiger partial charge in [0.25, 0.3) is 0 Å². The predicted octanol–water partition coefficient (Wildman–Crippen LogP) is 3.25. The van der Waals surface area contributed by atoms with Crippen molar-refractivity contribution in [3.63, 3.8) is 0 Å². The van der Waals surface area contributed by atoms with Gasteiger partial charge in [-0.25, -0.2) is 0 Å². The first-order valence-electron chi connectivity index (χ1n) is 8.16. The second kappa shape index (κ2) is 7.98. The van der Waals surface area contributed by atoms with Gasteiger partial charge in [0.05, 0.1) is 31.1 Å². The second-order valence-electron chi connectivity index (χ2n) is 6.11. The molecule has 1 aromatic carbocycles. The molecule has 1 heterocycles. The fourth-order valence-corrected chi connectivity index (χ4v) is 3.25. The quantitative estimate of drug-likeness (QED) is 0.607. The van der Waals surface area contributed by atoms with Crippen LogP contribution in [0.3, 0.4) is 0 Å². The van der Waals surface area contributed by atoms with Gasteiger partial charge in [0.1, 0.15) is 6.04 Å². The van der Waals surface area contributed by atoms with Gasteiger partial charge in [-0.1, -0.05) is 12.1 Å². The maximum atomic E-state index is 13.7. The molecule has 1 aliphatic rings. The average Bonchev–Trinajstić information content (AvgIpc) is 3.01. The Balaban J connectivity index is 2.50. The van der Waals surface area contributed by atoms with Crippen LogP contribution in [0.2, 0.25) is 0 Å². The normalized spacial score (nSPS) is 25.4. The number of carbonyl (C=O) groups excluding carboxylic acids is 2. The number of benzene rings is 1. The standard InChI is InChI=1S/C17H17F6NO4/c1-3-28-14(25)10-11(17(21,22)23)13(15(26)27-2)24-12(10)8-4-6-9(7-5-8)16(18,19)20/h4-7,10-13,24H,3H2,1-2H3/t10-,11+,12+,13+/m0/s1. The van der Waals surface area contributed by atoms with Crippen LogP contribution in [0.1, 0.15) is 24.1 Å². The van der Waals surface area contributed by atoms with Gasteiger partial charge in [0.2, 0.25) is 0 Å². The van der Waals surface area contributed by atoms with Crippen LogP contribution < -0.4 is 5.32 Å².